The predicted molar refractivity (Wildman–Crippen MR) is 81.7 cm³/mol. The first-order valence-corrected chi connectivity index (χ1v) is 8.74. The van der Waals surface area contributed by atoms with Crippen LogP contribution in [0.25, 0.3) is 0 Å². The van der Waals surface area contributed by atoms with E-state index in [9.17, 15) is 5.11 Å². The molecule has 2 rings (SSSR count). The number of thioether (sulfide) groups is 1. The lowest BCUT2D eigenvalue weighted by Crippen LogP contribution is -2.51. The number of hydrogen-bond acceptors (Lipinski definition) is 4. The average molecular weight is 287 g/mol. The third-order valence-electron chi connectivity index (χ3n) is 4.48. The summed E-state index contributed by atoms with van der Waals surface area (Å²) in [5, 5.41) is 14.2. The number of hydrogen-bond donors (Lipinski definition) is 2. The zero-order chi connectivity index (χ0) is 13.9. The Labute approximate surface area is 121 Å². The normalized spacial score (nSPS) is 34.9. The molecule has 3 atom stereocenters. The van der Waals surface area contributed by atoms with E-state index < -0.39 is 5.60 Å². The second-order valence-corrected chi connectivity index (χ2v) is 8.01. The second-order valence-electron chi connectivity index (χ2n) is 6.91. The summed E-state index contributed by atoms with van der Waals surface area (Å²) in [5.74, 6) is 3.31. The van der Waals surface area contributed by atoms with E-state index in [0.717, 1.165) is 38.2 Å². The molecule has 0 aromatic rings. The van der Waals surface area contributed by atoms with Crippen molar-refractivity contribution in [2.75, 3.05) is 31.2 Å². The molecule has 2 heterocycles. The number of ether oxygens (including phenoxy) is 1. The Morgan fingerprint density at radius 2 is 2.32 bits per heavy atom. The number of rotatable bonds is 5. The highest BCUT2D eigenvalue weighted by molar-refractivity contribution is 7.99. The van der Waals surface area contributed by atoms with Crippen LogP contribution in [0.3, 0.4) is 0 Å². The van der Waals surface area contributed by atoms with Gasteiger partial charge in [0.15, 0.2) is 0 Å². The summed E-state index contributed by atoms with van der Waals surface area (Å²) < 4.78 is 6.04. The van der Waals surface area contributed by atoms with Crippen molar-refractivity contribution in [2.24, 2.45) is 11.8 Å². The summed E-state index contributed by atoms with van der Waals surface area (Å²) in [4.78, 5) is 0. The van der Waals surface area contributed by atoms with Crippen molar-refractivity contribution in [3.8, 4) is 0 Å². The van der Waals surface area contributed by atoms with E-state index in [0.29, 0.717) is 18.4 Å². The lowest BCUT2D eigenvalue weighted by atomic mass is 9.76. The minimum atomic E-state index is -0.612. The van der Waals surface area contributed by atoms with Crippen LogP contribution in [-0.4, -0.2) is 47.5 Å². The Kier molecular flexibility index (Phi) is 5.21. The molecule has 2 saturated heterocycles. The van der Waals surface area contributed by atoms with Gasteiger partial charge in [0.05, 0.1) is 11.2 Å². The molecule has 0 amide bonds. The lowest BCUT2D eigenvalue weighted by molar-refractivity contribution is -0.125. The van der Waals surface area contributed by atoms with Crippen LogP contribution in [-0.2, 0) is 4.74 Å². The molecule has 0 bridgehead atoms. The maximum absolute atomic E-state index is 10.8. The molecule has 0 aliphatic carbocycles. The van der Waals surface area contributed by atoms with Gasteiger partial charge in [0, 0.05) is 18.9 Å². The van der Waals surface area contributed by atoms with Crippen molar-refractivity contribution in [2.45, 2.75) is 51.2 Å². The molecule has 3 unspecified atom stereocenters. The number of nitrogens with one attached hydrogen (secondary N) is 1. The minimum absolute atomic E-state index is 0.0651. The SMILES string of the molecule is CC(C)CNCC(C)(O)C1CCOC2(CCSC2)C1. The molecule has 2 N–H and O–H groups in total. The Morgan fingerprint density at radius 1 is 1.53 bits per heavy atom. The van der Waals surface area contributed by atoms with Gasteiger partial charge in [-0.2, -0.15) is 11.8 Å². The summed E-state index contributed by atoms with van der Waals surface area (Å²) in [6.45, 7) is 8.86. The van der Waals surface area contributed by atoms with Gasteiger partial charge in [-0.1, -0.05) is 13.8 Å². The van der Waals surface area contributed by atoms with E-state index in [-0.39, 0.29) is 5.60 Å². The molecule has 3 nitrogen and oxygen atoms in total. The summed E-state index contributed by atoms with van der Waals surface area (Å²) in [6, 6.07) is 0. The molecule has 1 spiro atoms. The van der Waals surface area contributed by atoms with Crippen LogP contribution < -0.4 is 5.32 Å². The second kappa shape index (κ2) is 6.33. The molecule has 112 valence electrons. The predicted octanol–water partition coefficient (Wildman–Crippen LogP) is 2.29. The largest absolute Gasteiger partial charge is 0.389 e. The first-order valence-electron chi connectivity index (χ1n) is 7.58. The average Bonchev–Trinajstić information content (AvgIpc) is 2.76. The molecule has 0 aromatic heterocycles. The third kappa shape index (κ3) is 4.10. The van der Waals surface area contributed by atoms with Crippen LogP contribution in [0.5, 0.6) is 0 Å². The van der Waals surface area contributed by atoms with Crippen LogP contribution in [0.15, 0.2) is 0 Å². The maximum atomic E-state index is 10.8. The Hall–Kier alpha value is 0.230. The van der Waals surface area contributed by atoms with E-state index >= 15 is 0 Å². The standard InChI is InChI=1S/C15H29NO2S/c1-12(2)9-16-10-14(3,17)13-4-6-18-15(8-13)5-7-19-11-15/h12-13,16-17H,4-11H2,1-3H3. The summed E-state index contributed by atoms with van der Waals surface area (Å²) >= 11 is 1.99. The fourth-order valence-electron chi connectivity index (χ4n) is 3.18. The Bertz CT molecular complexity index is 288. The van der Waals surface area contributed by atoms with Gasteiger partial charge in [-0.05, 0) is 50.3 Å². The van der Waals surface area contributed by atoms with Gasteiger partial charge in [-0.3, -0.25) is 0 Å². The highest BCUT2D eigenvalue weighted by Gasteiger charge is 2.45. The maximum Gasteiger partial charge on any atom is 0.0784 e. The quantitative estimate of drug-likeness (QED) is 0.814. The molecule has 4 heteroatoms. The minimum Gasteiger partial charge on any atom is -0.389 e. The van der Waals surface area contributed by atoms with Gasteiger partial charge < -0.3 is 15.2 Å². The molecule has 0 aromatic carbocycles. The van der Waals surface area contributed by atoms with Crippen molar-refractivity contribution < 1.29 is 9.84 Å². The van der Waals surface area contributed by atoms with Crippen molar-refractivity contribution in [1.29, 1.82) is 0 Å². The van der Waals surface area contributed by atoms with Crippen LogP contribution in [0.2, 0.25) is 0 Å². The summed E-state index contributed by atoms with van der Waals surface area (Å²) in [6.07, 6.45) is 3.17. The molecular formula is C15H29NO2S. The van der Waals surface area contributed by atoms with Crippen LogP contribution in [0.4, 0.5) is 0 Å². The molecule has 0 saturated carbocycles. The summed E-state index contributed by atoms with van der Waals surface area (Å²) in [7, 11) is 0. The zero-order valence-electron chi connectivity index (χ0n) is 12.6. The molecule has 2 aliphatic rings. The summed E-state index contributed by atoms with van der Waals surface area (Å²) in [5.41, 5.74) is -0.547. The third-order valence-corrected chi connectivity index (χ3v) is 5.70. The van der Waals surface area contributed by atoms with Gasteiger partial charge in [-0.15, -0.1) is 0 Å². The van der Waals surface area contributed by atoms with Crippen molar-refractivity contribution >= 4 is 11.8 Å². The Balaban J connectivity index is 1.88. The topological polar surface area (TPSA) is 41.5 Å². The smallest absolute Gasteiger partial charge is 0.0784 e. The highest BCUT2D eigenvalue weighted by atomic mass is 32.2. The van der Waals surface area contributed by atoms with Crippen molar-refractivity contribution in [3.05, 3.63) is 0 Å². The van der Waals surface area contributed by atoms with Gasteiger partial charge >= 0.3 is 0 Å². The van der Waals surface area contributed by atoms with Gasteiger partial charge in [0.1, 0.15) is 0 Å². The van der Waals surface area contributed by atoms with Crippen molar-refractivity contribution in [1.82, 2.24) is 5.32 Å². The zero-order valence-corrected chi connectivity index (χ0v) is 13.4. The number of aliphatic hydroxyl groups is 1. The fourth-order valence-corrected chi connectivity index (χ4v) is 4.56. The molecule has 19 heavy (non-hydrogen) atoms. The van der Waals surface area contributed by atoms with E-state index in [1.165, 1.54) is 5.75 Å². The highest BCUT2D eigenvalue weighted by Crippen LogP contribution is 2.43. The first-order chi connectivity index (χ1) is 8.94. The molecule has 2 aliphatic heterocycles. The van der Waals surface area contributed by atoms with Crippen molar-refractivity contribution in [3.63, 3.8) is 0 Å². The van der Waals surface area contributed by atoms with E-state index in [2.05, 4.69) is 19.2 Å². The molecule has 2 fully saturated rings. The Morgan fingerprint density at radius 3 is 2.95 bits per heavy atom. The van der Waals surface area contributed by atoms with Gasteiger partial charge in [0.2, 0.25) is 0 Å². The van der Waals surface area contributed by atoms with Crippen LogP contribution in [0, 0.1) is 11.8 Å². The molecular weight excluding hydrogens is 258 g/mol. The lowest BCUT2D eigenvalue weighted by Gasteiger charge is -2.43. The van der Waals surface area contributed by atoms with Gasteiger partial charge in [-0.25, -0.2) is 0 Å². The van der Waals surface area contributed by atoms with E-state index in [1.807, 2.05) is 18.7 Å². The van der Waals surface area contributed by atoms with Gasteiger partial charge in [0.25, 0.3) is 0 Å². The van der Waals surface area contributed by atoms with Crippen LogP contribution >= 0.6 is 11.8 Å². The van der Waals surface area contributed by atoms with Crippen LogP contribution in [0.1, 0.15) is 40.0 Å². The van der Waals surface area contributed by atoms with E-state index in [1.54, 1.807) is 0 Å². The first kappa shape index (κ1) is 15.6. The molecule has 0 radical (unpaired) electrons. The van der Waals surface area contributed by atoms with E-state index in [4.69, 9.17) is 4.74 Å². The monoisotopic (exact) mass is 287 g/mol. The fraction of sp³-hybridized carbons (Fsp3) is 1.00.